The van der Waals surface area contributed by atoms with Crippen molar-refractivity contribution in [1.29, 1.82) is 0 Å². The van der Waals surface area contributed by atoms with Crippen LogP contribution in [0.15, 0.2) is 47.0 Å². The molecular weight excluding hydrogens is 392 g/mol. The SMILES string of the molecule is CC(=O)c1cccc(NC(=O)c2cc(-c3cc(C)oc3C)nc3c2cnn3C(C)C)c1. The van der Waals surface area contributed by atoms with Crippen LogP contribution in [0.1, 0.15) is 59.0 Å². The van der Waals surface area contributed by atoms with Crippen molar-refractivity contribution >= 4 is 28.4 Å². The molecule has 0 atom stereocenters. The lowest BCUT2D eigenvalue weighted by molar-refractivity contribution is 0.101. The minimum absolute atomic E-state index is 0.0614. The molecule has 1 amide bonds. The zero-order valence-corrected chi connectivity index (χ0v) is 18.2. The van der Waals surface area contributed by atoms with Gasteiger partial charge in [0.05, 0.1) is 22.8 Å². The zero-order chi connectivity index (χ0) is 22.3. The van der Waals surface area contributed by atoms with Crippen LogP contribution in [-0.2, 0) is 0 Å². The fourth-order valence-electron chi connectivity index (χ4n) is 3.62. The van der Waals surface area contributed by atoms with Crippen LogP contribution in [0.4, 0.5) is 5.69 Å². The highest BCUT2D eigenvalue weighted by molar-refractivity contribution is 6.13. The first-order valence-electron chi connectivity index (χ1n) is 10.1. The minimum atomic E-state index is -0.296. The Morgan fingerprint density at radius 1 is 1.13 bits per heavy atom. The number of nitrogens with zero attached hydrogens (tertiary/aromatic N) is 3. The molecule has 158 valence electrons. The van der Waals surface area contributed by atoms with Crippen LogP contribution in [-0.4, -0.2) is 26.5 Å². The van der Waals surface area contributed by atoms with Gasteiger partial charge in [0, 0.05) is 22.9 Å². The normalized spacial score (nSPS) is 11.3. The average Bonchev–Trinajstić information content (AvgIpc) is 3.29. The van der Waals surface area contributed by atoms with E-state index >= 15 is 0 Å². The zero-order valence-electron chi connectivity index (χ0n) is 18.2. The standard InChI is InChI=1S/C24H24N4O3/c1-13(2)28-23-21(12-25-28)20(11-22(27-23)19-9-14(3)31-16(19)5)24(30)26-18-8-6-7-17(10-18)15(4)29/h6-13H,1-5H3,(H,26,30). The lowest BCUT2D eigenvalue weighted by Crippen LogP contribution is -2.14. The van der Waals surface area contributed by atoms with Gasteiger partial charge in [-0.15, -0.1) is 0 Å². The van der Waals surface area contributed by atoms with E-state index in [0.29, 0.717) is 33.5 Å². The molecule has 3 heterocycles. The Labute approximate surface area is 180 Å². The molecule has 0 spiro atoms. The lowest BCUT2D eigenvalue weighted by atomic mass is 10.1. The smallest absolute Gasteiger partial charge is 0.256 e. The molecule has 4 aromatic rings. The van der Waals surface area contributed by atoms with Gasteiger partial charge in [-0.2, -0.15) is 5.10 Å². The van der Waals surface area contributed by atoms with Gasteiger partial charge in [-0.25, -0.2) is 9.67 Å². The van der Waals surface area contributed by atoms with Gasteiger partial charge in [-0.3, -0.25) is 9.59 Å². The maximum absolute atomic E-state index is 13.3. The van der Waals surface area contributed by atoms with Gasteiger partial charge in [0.15, 0.2) is 11.4 Å². The van der Waals surface area contributed by atoms with E-state index in [9.17, 15) is 9.59 Å². The van der Waals surface area contributed by atoms with Crippen LogP contribution >= 0.6 is 0 Å². The third-order valence-corrected chi connectivity index (χ3v) is 5.14. The van der Waals surface area contributed by atoms with Crippen LogP contribution in [0, 0.1) is 13.8 Å². The predicted octanol–water partition coefficient (Wildman–Crippen LogP) is 5.34. The van der Waals surface area contributed by atoms with E-state index in [1.54, 1.807) is 41.2 Å². The molecule has 3 aromatic heterocycles. The Morgan fingerprint density at radius 3 is 2.55 bits per heavy atom. The molecule has 0 aliphatic rings. The van der Waals surface area contributed by atoms with Crippen molar-refractivity contribution in [2.24, 2.45) is 0 Å². The molecule has 1 aromatic carbocycles. The highest BCUT2D eigenvalue weighted by Crippen LogP contribution is 2.30. The first-order valence-corrected chi connectivity index (χ1v) is 10.1. The summed E-state index contributed by atoms with van der Waals surface area (Å²) < 4.78 is 7.48. The number of aryl methyl sites for hydroxylation is 2. The number of furan rings is 1. The molecule has 4 rings (SSSR count). The summed E-state index contributed by atoms with van der Waals surface area (Å²) in [5, 5.41) is 8.02. The summed E-state index contributed by atoms with van der Waals surface area (Å²) in [6.07, 6.45) is 1.67. The summed E-state index contributed by atoms with van der Waals surface area (Å²) in [5.74, 6) is 1.16. The van der Waals surface area contributed by atoms with E-state index in [1.165, 1.54) is 6.92 Å². The summed E-state index contributed by atoms with van der Waals surface area (Å²) in [6.45, 7) is 9.28. The van der Waals surface area contributed by atoms with Crippen molar-refractivity contribution in [2.45, 2.75) is 40.7 Å². The van der Waals surface area contributed by atoms with Gasteiger partial charge >= 0.3 is 0 Å². The molecule has 0 fully saturated rings. The number of nitrogens with one attached hydrogen (secondary N) is 1. The fraction of sp³-hybridized carbons (Fsp3) is 0.250. The second-order valence-electron chi connectivity index (χ2n) is 7.89. The molecule has 7 heteroatoms. The Balaban J connectivity index is 1.84. The maximum Gasteiger partial charge on any atom is 0.256 e. The Morgan fingerprint density at radius 2 is 1.90 bits per heavy atom. The third kappa shape index (κ3) is 3.86. The predicted molar refractivity (Wildman–Crippen MR) is 119 cm³/mol. The van der Waals surface area contributed by atoms with E-state index in [0.717, 1.165) is 17.1 Å². The van der Waals surface area contributed by atoms with E-state index in [1.807, 2.05) is 33.8 Å². The maximum atomic E-state index is 13.3. The summed E-state index contributed by atoms with van der Waals surface area (Å²) >= 11 is 0. The summed E-state index contributed by atoms with van der Waals surface area (Å²) in [4.78, 5) is 29.8. The molecular formula is C24H24N4O3. The summed E-state index contributed by atoms with van der Waals surface area (Å²) in [5.41, 5.74) is 3.66. The molecule has 0 unspecified atom stereocenters. The van der Waals surface area contributed by atoms with Gasteiger partial charge in [0.1, 0.15) is 11.5 Å². The van der Waals surface area contributed by atoms with Crippen LogP contribution in [0.5, 0.6) is 0 Å². The molecule has 0 radical (unpaired) electrons. The van der Waals surface area contributed by atoms with E-state index in [2.05, 4.69) is 10.4 Å². The molecule has 0 aliphatic heterocycles. The monoisotopic (exact) mass is 416 g/mol. The van der Waals surface area contributed by atoms with E-state index < -0.39 is 0 Å². The average molecular weight is 416 g/mol. The van der Waals surface area contributed by atoms with Crippen molar-refractivity contribution in [2.75, 3.05) is 5.32 Å². The number of fused-ring (bicyclic) bond motifs is 1. The third-order valence-electron chi connectivity index (χ3n) is 5.14. The van der Waals surface area contributed by atoms with Gasteiger partial charge in [0.25, 0.3) is 5.91 Å². The Kier molecular flexibility index (Phi) is 5.19. The number of amides is 1. The Bertz CT molecular complexity index is 1310. The number of Topliss-reactive ketones (excluding diaryl/α,β-unsaturated/α-hetero) is 1. The first kappa shape index (κ1) is 20.5. The Hall–Kier alpha value is -3.74. The molecule has 0 saturated heterocycles. The molecule has 31 heavy (non-hydrogen) atoms. The molecule has 0 aliphatic carbocycles. The molecule has 0 bridgehead atoms. The van der Waals surface area contributed by atoms with Crippen molar-refractivity contribution in [1.82, 2.24) is 14.8 Å². The number of hydrogen-bond acceptors (Lipinski definition) is 5. The highest BCUT2D eigenvalue weighted by atomic mass is 16.3. The molecule has 1 N–H and O–H groups in total. The second kappa shape index (κ2) is 7.83. The lowest BCUT2D eigenvalue weighted by Gasteiger charge is -2.11. The van der Waals surface area contributed by atoms with Crippen molar-refractivity contribution in [3.63, 3.8) is 0 Å². The number of carbonyl (C=O) groups is 2. The van der Waals surface area contributed by atoms with Gasteiger partial charge in [-0.05, 0) is 58.9 Å². The minimum Gasteiger partial charge on any atom is -0.466 e. The largest absolute Gasteiger partial charge is 0.466 e. The van der Waals surface area contributed by atoms with Crippen LogP contribution in [0.25, 0.3) is 22.3 Å². The second-order valence-corrected chi connectivity index (χ2v) is 7.89. The topological polar surface area (TPSA) is 90.0 Å². The van der Waals surface area contributed by atoms with Crippen LogP contribution < -0.4 is 5.32 Å². The number of carbonyl (C=O) groups excluding carboxylic acids is 2. The summed E-state index contributed by atoms with van der Waals surface area (Å²) in [7, 11) is 0. The fourth-order valence-corrected chi connectivity index (χ4v) is 3.62. The van der Waals surface area contributed by atoms with Crippen molar-refractivity contribution < 1.29 is 14.0 Å². The highest BCUT2D eigenvalue weighted by Gasteiger charge is 2.20. The number of aromatic nitrogens is 3. The van der Waals surface area contributed by atoms with Gasteiger partial charge < -0.3 is 9.73 Å². The molecule has 0 saturated carbocycles. The number of rotatable bonds is 5. The van der Waals surface area contributed by atoms with Crippen LogP contribution in [0.3, 0.4) is 0 Å². The number of benzene rings is 1. The molecule has 7 nitrogen and oxygen atoms in total. The number of anilines is 1. The summed E-state index contributed by atoms with van der Waals surface area (Å²) in [6, 6.07) is 10.6. The van der Waals surface area contributed by atoms with E-state index in [-0.39, 0.29) is 17.7 Å². The van der Waals surface area contributed by atoms with Gasteiger partial charge in [0.2, 0.25) is 0 Å². The van der Waals surface area contributed by atoms with Gasteiger partial charge in [-0.1, -0.05) is 12.1 Å². The first-order chi connectivity index (χ1) is 14.7. The number of hydrogen-bond donors (Lipinski definition) is 1. The number of pyridine rings is 1. The number of ketones is 1. The van der Waals surface area contributed by atoms with Crippen LogP contribution in [0.2, 0.25) is 0 Å². The van der Waals surface area contributed by atoms with E-state index in [4.69, 9.17) is 9.40 Å². The van der Waals surface area contributed by atoms with Crippen molar-refractivity contribution in [3.8, 4) is 11.3 Å². The quantitative estimate of drug-likeness (QED) is 0.443. The van der Waals surface area contributed by atoms with Crippen molar-refractivity contribution in [3.05, 3.63) is 65.2 Å².